The first-order valence-electron chi connectivity index (χ1n) is 10.4. The van der Waals surface area contributed by atoms with Gasteiger partial charge in [-0.2, -0.15) is 4.31 Å². The van der Waals surface area contributed by atoms with Crippen molar-refractivity contribution in [2.24, 2.45) is 0 Å². The van der Waals surface area contributed by atoms with Crippen molar-refractivity contribution in [1.82, 2.24) is 19.2 Å². The first kappa shape index (κ1) is 22.2. The number of nitrogens with one attached hydrogen (secondary N) is 1. The fourth-order valence-electron chi connectivity index (χ4n) is 3.65. The second-order valence-corrected chi connectivity index (χ2v) is 9.69. The smallest absolute Gasteiger partial charge is 0.252 e. The van der Waals surface area contributed by atoms with E-state index in [0.29, 0.717) is 37.4 Å². The van der Waals surface area contributed by atoms with Crippen LogP contribution in [0.1, 0.15) is 34.5 Å². The number of benzene rings is 2. The van der Waals surface area contributed by atoms with Crippen LogP contribution < -0.4 is 5.32 Å². The second-order valence-electron chi connectivity index (χ2n) is 7.75. The summed E-state index contributed by atoms with van der Waals surface area (Å²) in [6, 6.07) is 12.3. The quantitative estimate of drug-likeness (QED) is 0.618. The number of ether oxygens (including phenoxy) is 1. The molecular weight excluding hydrogens is 428 g/mol. The molecule has 9 heteroatoms. The van der Waals surface area contributed by atoms with E-state index in [-0.39, 0.29) is 16.8 Å². The monoisotopic (exact) mass is 454 g/mol. The van der Waals surface area contributed by atoms with Crippen LogP contribution in [0.2, 0.25) is 0 Å². The van der Waals surface area contributed by atoms with Gasteiger partial charge in [0, 0.05) is 36.7 Å². The number of hydrogen-bond acceptors (Lipinski definition) is 5. The number of morpholine rings is 1. The zero-order chi connectivity index (χ0) is 22.7. The minimum atomic E-state index is -3.68. The maximum Gasteiger partial charge on any atom is 0.252 e. The van der Waals surface area contributed by atoms with Crippen LogP contribution in [0.4, 0.5) is 0 Å². The standard InChI is InChI=1S/C23H26N4O4S/c1-17-3-8-21(32(29,30)27-11-13-31-14-12-27)15-22(17)23(28)25-18(2)19-4-6-20(7-5-19)26-10-9-24-16-26/h3-10,15-16,18H,11-14H2,1-2H3,(H,25,28). The molecule has 0 aliphatic carbocycles. The molecule has 1 saturated heterocycles. The van der Waals surface area contributed by atoms with Crippen LogP contribution in [-0.2, 0) is 14.8 Å². The van der Waals surface area contributed by atoms with Crippen LogP contribution in [-0.4, -0.2) is 54.5 Å². The Kier molecular flexibility index (Phi) is 6.40. The summed E-state index contributed by atoms with van der Waals surface area (Å²) in [5.41, 5.74) is 2.98. The van der Waals surface area contributed by atoms with Crippen LogP contribution in [0.25, 0.3) is 5.69 Å². The van der Waals surface area contributed by atoms with Crippen molar-refractivity contribution in [3.8, 4) is 5.69 Å². The van der Waals surface area contributed by atoms with Crippen molar-refractivity contribution >= 4 is 15.9 Å². The Bertz CT molecular complexity index is 1190. The molecule has 1 fully saturated rings. The molecule has 1 aliphatic rings. The van der Waals surface area contributed by atoms with Crippen molar-refractivity contribution in [3.63, 3.8) is 0 Å². The van der Waals surface area contributed by atoms with Crippen molar-refractivity contribution in [2.75, 3.05) is 26.3 Å². The number of imidazole rings is 1. The fraction of sp³-hybridized carbons (Fsp3) is 0.304. The van der Waals surface area contributed by atoms with Gasteiger partial charge in [-0.25, -0.2) is 13.4 Å². The maximum atomic E-state index is 13.0. The van der Waals surface area contributed by atoms with Gasteiger partial charge < -0.3 is 14.6 Å². The van der Waals surface area contributed by atoms with Gasteiger partial charge >= 0.3 is 0 Å². The van der Waals surface area contributed by atoms with Crippen molar-refractivity contribution in [1.29, 1.82) is 0 Å². The third kappa shape index (κ3) is 4.59. The predicted octanol–water partition coefficient (Wildman–Crippen LogP) is 2.69. The molecule has 3 aromatic rings. The minimum Gasteiger partial charge on any atom is -0.379 e. The molecule has 0 saturated carbocycles. The Hall–Kier alpha value is -3.01. The SMILES string of the molecule is Cc1ccc(S(=O)(=O)N2CCOCC2)cc1C(=O)NC(C)c1ccc(-n2ccnc2)cc1. The second kappa shape index (κ2) is 9.23. The van der Waals surface area contributed by atoms with Gasteiger partial charge in [0.2, 0.25) is 10.0 Å². The number of aromatic nitrogens is 2. The highest BCUT2D eigenvalue weighted by Crippen LogP contribution is 2.22. The van der Waals surface area contributed by atoms with E-state index in [1.54, 1.807) is 31.6 Å². The minimum absolute atomic E-state index is 0.118. The van der Waals surface area contributed by atoms with Crippen LogP contribution >= 0.6 is 0 Å². The third-order valence-corrected chi connectivity index (χ3v) is 7.50. The molecule has 168 valence electrons. The summed E-state index contributed by atoms with van der Waals surface area (Å²) in [7, 11) is -3.68. The van der Waals surface area contributed by atoms with Gasteiger partial charge in [0.15, 0.2) is 0 Å². The summed E-state index contributed by atoms with van der Waals surface area (Å²) in [5, 5.41) is 2.98. The van der Waals surface area contributed by atoms with E-state index in [2.05, 4.69) is 10.3 Å². The lowest BCUT2D eigenvalue weighted by Crippen LogP contribution is -2.40. The van der Waals surface area contributed by atoms with Crippen molar-refractivity contribution in [3.05, 3.63) is 77.9 Å². The first-order chi connectivity index (χ1) is 15.4. The summed E-state index contributed by atoms with van der Waals surface area (Å²) in [6.07, 6.45) is 5.30. The van der Waals surface area contributed by atoms with Crippen LogP contribution in [0, 0.1) is 6.92 Å². The molecule has 1 amide bonds. The number of carbonyl (C=O) groups is 1. The van der Waals surface area contributed by atoms with Crippen LogP contribution in [0.5, 0.6) is 0 Å². The average Bonchev–Trinajstić information content (AvgIpc) is 3.35. The van der Waals surface area contributed by atoms with E-state index in [1.807, 2.05) is 42.0 Å². The molecule has 1 atom stereocenters. The maximum absolute atomic E-state index is 13.0. The van der Waals surface area contributed by atoms with Gasteiger partial charge in [-0.1, -0.05) is 18.2 Å². The number of rotatable bonds is 6. The van der Waals surface area contributed by atoms with Gasteiger partial charge in [0.25, 0.3) is 5.91 Å². The average molecular weight is 455 g/mol. The Morgan fingerprint density at radius 3 is 2.50 bits per heavy atom. The Morgan fingerprint density at radius 1 is 1.12 bits per heavy atom. The Labute approximate surface area is 187 Å². The number of carbonyl (C=O) groups excluding carboxylic acids is 1. The largest absolute Gasteiger partial charge is 0.379 e. The third-order valence-electron chi connectivity index (χ3n) is 5.60. The normalized spacial score (nSPS) is 15.9. The van der Waals surface area contributed by atoms with E-state index in [9.17, 15) is 13.2 Å². The molecule has 0 radical (unpaired) electrons. The summed E-state index contributed by atoms with van der Waals surface area (Å²) in [5.74, 6) is -0.312. The first-order valence-corrected chi connectivity index (χ1v) is 11.9. The highest BCUT2D eigenvalue weighted by atomic mass is 32.2. The number of hydrogen-bond donors (Lipinski definition) is 1. The van der Waals surface area contributed by atoms with Gasteiger partial charge in [0.1, 0.15) is 0 Å². The van der Waals surface area contributed by atoms with Gasteiger partial charge in [0.05, 0.1) is 30.5 Å². The molecule has 8 nitrogen and oxygen atoms in total. The Balaban J connectivity index is 1.51. The van der Waals surface area contributed by atoms with Crippen molar-refractivity contribution in [2.45, 2.75) is 24.8 Å². The molecule has 1 aromatic heterocycles. The molecule has 4 rings (SSSR count). The van der Waals surface area contributed by atoms with Crippen LogP contribution in [0.3, 0.4) is 0 Å². The van der Waals surface area contributed by atoms with E-state index in [4.69, 9.17) is 4.74 Å². The molecule has 1 unspecified atom stereocenters. The van der Waals surface area contributed by atoms with Gasteiger partial charge in [-0.15, -0.1) is 0 Å². The highest BCUT2D eigenvalue weighted by molar-refractivity contribution is 7.89. The lowest BCUT2D eigenvalue weighted by Gasteiger charge is -2.26. The molecule has 0 spiro atoms. The van der Waals surface area contributed by atoms with E-state index < -0.39 is 10.0 Å². The fourth-order valence-corrected chi connectivity index (χ4v) is 5.08. The summed E-state index contributed by atoms with van der Waals surface area (Å²) < 4.78 is 34.5. The zero-order valence-corrected chi connectivity index (χ0v) is 18.9. The molecule has 2 aromatic carbocycles. The summed E-state index contributed by atoms with van der Waals surface area (Å²) >= 11 is 0. The molecule has 1 aliphatic heterocycles. The molecule has 2 heterocycles. The number of amides is 1. The van der Waals surface area contributed by atoms with E-state index in [0.717, 1.165) is 11.3 Å². The topological polar surface area (TPSA) is 93.5 Å². The van der Waals surface area contributed by atoms with E-state index in [1.165, 1.54) is 10.4 Å². The van der Waals surface area contributed by atoms with Crippen LogP contribution in [0.15, 0.2) is 66.1 Å². The van der Waals surface area contributed by atoms with E-state index >= 15 is 0 Å². The predicted molar refractivity (Wildman–Crippen MR) is 120 cm³/mol. The molecule has 0 bridgehead atoms. The lowest BCUT2D eigenvalue weighted by atomic mass is 10.1. The lowest BCUT2D eigenvalue weighted by molar-refractivity contribution is 0.0730. The van der Waals surface area contributed by atoms with Gasteiger partial charge in [-0.3, -0.25) is 4.79 Å². The Morgan fingerprint density at radius 2 is 1.84 bits per heavy atom. The molecule has 1 N–H and O–H groups in total. The van der Waals surface area contributed by atoms with Crippen molar-refractivity contribution < 1.29 is 17.9 Å². The molecular formula is C23H26N4O4S. The number of nitrogens with zero attached hydrogens (tertiary/aromatic N) is 3. The zero-order valence-electron chi connectivity index (χ0n) is 18.1. The summed E-state index contributed by atoms with van der Waals surface area (Å²) in [6.45, 7) is 5.05. The molecule has 32 heavy (non-hydrogen) atoms. The number of sulfonamides is 1. The van der Waals surface area contributed by atoms with Gasteiger partial charge in [-0.05, 0) is 49.2 Å². The number of aryl methyl sites for hydroxylation is 1. The summed E-state index contributed by atoms with van der Waals surface area (Å²) in [4.78, 5) is 17.2. The highest BCUT2D eigenvalue weighted by Gasteiger charge is 2.27.